The summed E-state index contributed by atoms with van der Waals surface area (Å²) in [5.41, 5.74) is 12.3. The van der Waals surface area contributed by atoms with Gasteiger partial charge in [0.15, 0.2) is 0 Å². The summed E-state index contributed by atoms with van der Waals surface area (Å²) in [4.78, 5) is 9.70. The van der Waals surface area contributed by atoms with Crippen LogP contribution in [-0.2, 0) is 26.5 Å². The van der Waals surface area contributed by atoms with Gasteiger partial charge in [-0.05, 0) is 70.2 Å². The van der Waals surface area contributed by atoms with E-state index in [0.717, 1.165) is 66.4 Å². The first-order valence-corrected chi connectivity index (χ1v) is 24.2. The maximum atomic E-state index is 8.59. The minimum absolute atomic E-state index is 0. The van der Waals surface area contributed by atoms with E-state index in [1.54, 1.807) is 18.3 Å². The van der Waals surface area contributed by atoms with E-state index in [1.165, 1.54) is 17.2 Å². The molecule has 0 unspecified atom stereocenters. The van der Waals surface area contributed by atoms with E-state index >= 15 is 0 Å². The average Bonchev–Trinajstić information content (AvgIpc) is 3.90. The summed E-state index contributed by atoms with van der Waals surface area (Å²) in [7, 11) is -1.78. The molecule has 62 heavy (non-hydrogen) atoms. The quantitative estimate of drug-likeness (QED) is 0.113. The fourth-order valence-electron chi connectivity index (χ4n) is 7.90. The van der Waals surface area contributed by atoms with Gasteiger partial charge in [0, 0.05) is 49.8 Å². The van der Waals surface area contributed by atoms with Gasteiger partial charge in [-0.1, -0.05) is 160 Å². The van der Waals surface area contributed by atoms with E-state index in [2.05, 4.69) is 151 Å². The predicted octanol–water partition coefficient (Wildman–Crippen LogP) is 14.3. The zero-order chi connectivity index (χ0) is 46.4. The largest absolute Gasteiger partial charge is 0.501 e. The van der Waals surface area contributed by atoms with Crippen LogP contribution in [0.5, 0.6) is 0 Å². The zero-order valence-electron chi connectivity index (χ0n) is 40.3. The van der Waals surface area contributed by atoms with Crippen molar-refractivity contribution in [2.45, 2.75) is 46.7 Å². The number of fused-ring (bicyclic) bond motifs is 4. The van der Waals surface area contributed by atoms with Crippen molar-refractivity contribution in [2.75, 3.05) is 0 Å². The Labute approximate surface area is 386 Å². The second kappa shape index (κ2) is 18.0. The van der Waals surface area contributed by atoms with Crippen molar-refractivity contribution < 1.29 is 31.4 Å². The molecule has 3 aromatic heterocycles. The molecule has 0 N–H and O–H groups in total. The molecule has 1 radical (unpaired) electrons. The van der Waals surface area contributed by atoms with Crippen molar-refractivity contribution >= 4 is 46.2 Å². The molecule has 0 atom stereocenters. The van der Waals surface area contributed by atoms with Gasteiger partial charge in [-0.25, -0.2) is 0 Å². The van der Waals surface area contributed by atoms with Crippen molar-refractivity contribution in [2.24, 2.45) is 5.92 Å². The van der Waals surface area contributed by atoms with Gasteiger partial charge in [-0.15, -0.1) is 53.6 Å². The Morgan fingerprint density at radius 1 is 0.742 bits per heavy atom. The molecule has 0 aliphatic carbocycles. The van der Waals surface area contributed by atoms with Gasteiger partial charge >= 0.3 is 0 Å². The molecule has 0 saturated carbocycles. The molecule has 0 spiro atoms. The fourth-order valence-corrected chi connectivity index (χ4v) is 9.30. The summed E-state index contributed by atoms with van der Waals surface area (Å²) in [5.74, 6) is 0.630. The molecule has 10 aromatic rings. The Balaban J connectivity index is 0.000000197. The van der Waals surface area contributed by atoms with Gasteiger partial charge in [0.25, 0.3) is 0 Å². The summed E-state index contributed by atoms with van der Waals surface area (Å²) in [6.45, 7) is 8.14. The summed E-state index contributed by atoms with van der Waals surface area (Å²) >= 11 is 0. The number of aromatic nitrogens is 3. The van der Waals surface area contributed by atoms with Gasteiger partial charge in [0.2, 0.25) is 0 Å². The first-order valence-electron chi connectivity index (χ1n) is 23.2. The van der Waals surface area contributed by atoms with E-state index in [9.17, 15) is 0 Å². The number of pyridine rings is 1. The predicted molar refractivity (Wildman–Crippen MR) is 258 cm³/mol. The molecular formula is C56H49IrN3OSi-2. The number of imidazole rings is 1. The van der Waals surface area contributed by atoms with Gasteiger partial charge in [-0.3, -0.25) is 4.98 Å². The van der Waals surface area contributed by atoms with Gasteiger partial charge in [-0.2, -0.15) is 0 Å². The van der Waals surface area contributed by atoms with Gasteiger partial charge in [0.1, 0.15) is 5.58 Å². The number of aryl methyl sites for hydroxylation is 1. The number of hydrogen-bond acceptors (Lipinski definition) is 3. The maximum Gasteiger partial charge on any atom is 0.120 e. The van der Waals surface area contributed by atoms with E-state index in [1.807, 2.05) is 50.2 Å². The topological polar surface area (TPSA) is 43.9 Å². The van der Waals surface area contributed by atoms with Crippen LogP contribution in [0, 0.1) is 24.9 Å². The number of furan rings is 1. The maximum absolute atomic E-state index is 8.59. The van der Waals surface area contributed by atoms with E-state index in [4.69, 9.17) is 16.3 Å². The number of rotatable bonds is 8. The molecule has 0 bridgehead atoms. The van der Waals surface area contributed by atoms with E-state index in [-0.39, 0.29) is 31.6 Å². The van der Waals surface area contributed by atoms with Crippen LogP contribution in [0.3, 0.4) is 0 Å². The molecule has 0 aliphatic heterocycles. The number of benzene rings is 7. The normalized spacial score (nSPS) is 13.1. The molecule has 3 heterocycles. The third kappa shape index (κ3) is 8.64. The number of para-hydroxylation sites is 3. The molecule has 0 saturated heterocycles. The summed E-state index contributed by atoms with van der Waals surface area (Å²) in [6.07, 6.45) is 0.328. The zero-order valence-corrected chi connectivity index (χ0v) is 38.7. The molecule has 0 fully saturated rings. The Morgan fingerprint density at radius 3 is 2.19 bits per heavy atom. The second-order valence-electron chi connectivity index (χ2n) is 16.6. The Kier molecular flexibility index (Phi) is 10.6. The van der Waals surface area contributed by atoms with Crippen LogP contribution in [0.2, 0.25) is 19.6 Å². The Hall–Kier alpha value is -6.17. The van der Waals surface area contributed by atoms with Gasteiger partial charge < -0.3 is 14.0 Å². The molecule has 0 aliphatic rings. The van der Waals surface area contributed by atoms with Crippen LogP contribution >= 0.6 is 0 Å². The number of hydrogen-bond donors (Lipinski definition) is 0. The SMILES string of the molecule is [2H]C([2H])([2H])c1c[c-]c(-c2cc(C([2H])([2H])C(C)C)c([Si](C)(C)C)cn2)cc1.[Ir].[c-]1ccc2c(oc3ccccc32)c1-c1nc2ccccc2n1-c1ccc(-c2ccccc2)cc1-c1ccccc1. The van der Waals surface area contributed by atoms with Crippen molar-refractivity contribution in [1.29, 1.82) is 0 Å². The van der Waals surface area contributed by atoms with Crippen LogP contribution in [0.25, 0.3) is 83.6 Å². The van der Waals surface area contributed by atoms with Crippen LogP contribution in [0.1, 0.15) is 31.8 Å². The molecule has 7 aromatic carbocycles. The molecule has 6 heteroatoms. The van der Waals surface area contributed by atoms with E-state index < -0.39 is 21.3 Å². The molecule has 0 amide bonds. The standard InChI is InChI=1S/C37H23N2O.C19H26NSi.Ir/c1-3-12-25(13-4-1)27-22-23-33(31(24-27)26-14-5-2-6-15-26)39-34-20-9-8-19-32(34)38-37(39)30-18-11-17-29-28-16-7-10-21-35(28)40-36(29)30;1-14(2)11-17-12-18(16-9-7-15(3)8-10-16)20-13-19(17)21(4,5)6;/h1-17,19-24H;7-9,12-14H,11H2,1-6H3;/q2*-1;/i;3D3,11D2;. The third-order valence-corrected chi connectivity index (χ3v) is 12.8. The Morgan fingerprint density at radius 2 is 1.47 bits per heavy atom. The first-order chi connectivity index (χ1) is 31.6. The smallest absolute Gasteiger partial charge is 0.120 e. The fraction of sp³-hybridized carbons (Fsp3) is 0.143. The van der Waals surface area contributed by atoms with Gasteiger partial charge in [0.05, 0.1) is 30.5 Å². The first kappa shape index (κ1) is 36.5. The van der Waals surface area contributed by atoms with Crippen molar-refractivity contribution in [1.82, 2.24) is 14.5 Å². The van der Waals surface area contributed by atoms with Crippen LogP contribution in [0.4, 0.5) is 0 Å². The molecule has 309 valence electrons. The van der Waals surface area contributed by atoms with Crippen molar-refractivity contribution in [3.05, 3.63) is 193 Å². The monoisotopic (exact) mass is 1010 g/mol. The summed E-state index contributed by atoms with van der Waals surface area (Å²) < 4.78 is 48.3. The van der Waals surface area contributed by atoms with Crippen molar-refractivity contribution in [3.63, 3.8) is 0 Å². The average molecular weight is 1010 g/mol. The van der Waals surface area contributed by atoms with Crippen molar-refractivity contribution in [3.8, 4) is 50.6 Å². The number of nitrogens with zero attached hydrogens (tertiary/aromatic N) is 3. The van der Waals surface area contributed by atoms with E-state index in [0.29, 0.717) is 16.8 Å². The summed E-state index contributed by atoms with van der Waals surface area (Å²) in [5, 5.41) is 3.16. The third-order valence-electron chi connectivity index (χ3n) is 10.8. The minimum Gasteiger partial charge on any atom is -0.501 e. The molecule has 10 rings (SSSR count). The summed E-state index contributed by atoms with van der Waals surface area (Å²) in [6, 6.07) is 61.3. The Bertz CT molecular complexity index is 3340. The van der Waals surface area contributed by atoms with Crippen LogP contribution in [0.15, 0.2) is 174 Å². The molecule has 4 nitrogen and oxygen atoms in total. The molecular weight excluding hydrogens is 951 g/mol. The van der Waals surface area contributed by atoms with Crippen LogP contribution in [-0.4, -0.2) is 22.6 Å². The second-order valence-corrected chi connectivity index (χ2v) is 21.6. The minimum atomic E-state index is -2.16. The van der Waals surface area contributed by atoms with Crippen LogP contribution < -0.4 is 5.19 Å².